The van der Waals surface area contributed by atoms with Crippen LogP contribution < -0.4 is 10.6 Å². The lowest BCUT2D eigenvalue weighted by Crippen LogP contribution is -2.26. The number of nitrogens with one attached hydrogen (secondary N) is 2. The lowest BCUT2D eigenvalue weighted by molar-refractivity contribution is -0.118. The van der Waals surface area contributed by atoms with E-state index in [9.17, 15) is 9.18 Å². The van der Waals surface area contributed by atoms with Gasteiger partial charge in [-0.25, -0.2) is 4.98 Å². The van der Waals surface area contributed by atoms with E-state index in [1.165, 1.54) is 19.3 Å². The molecule has 6 heteroatoms. The summed E-state index contributed by atoms with van der Waals surface area (Å²) in [7, 11) is 1.52. The molecule has 0 fully saturated rings. The molecule has 0 unspecified atom stereocenters. The Labute approximate surface area is 74.4 Å². The van der Waals surface area contributed by atoms with E-state index in [0.29, 0.717) is 0 Å². The minimum Gasteiger partial charge on any atom is -0.361 e. The highest BCUT2D eigenvalue weighted by molar-refractivity contribution is 5.79. The van der Waals surface area contributed by atoms with Crippen LogP contribution in [0.3, 0.4) is 0 Å². The van der Waals surface area contributed by atoms with Crippen molar-refractivity contribution in [3.05, 3.63) is 18.3 Å². The number of aromatic nitrogens is 2. The fraction of sp³-hybridized carbons (Fsp3) is 0.286. The van der Waals surface area contributed by atoms with Gasteiger partial charge in [0, 0.05) is 13.2 Å². The summed E-state index contributed by atoms with van der Waals surface area (Å²) in [5, 5.41) is 5.04. The van der Waals surface area contributed by atoms with Crippen LogP contribution >= 0.6 is 0 Å². The Morgan fingerprint density at radius 3 is 3.08 bits per heavy atom. The molecule has 0 spiro atoms. The molecule has 0 radical (unpaired) electrons. The van der Waals surface area contributed by atoms with Crippen LogP contribution in [0.5, 0.6) is 0 Å². The highest BCUT2D eigenvalue weighted by atomic mass is 19.1. The van der Waals surface area contributed by atoms with Gasteiger partial charge in [0.25, 0.3) is 0 Å². The molecule has 0 atom stereocenters. The summed E-state index contributed by atoms with van der Waals surface area (Å²) in [6, 6.07) is 1.48. The van der Waals surface area contributed by atoms with Crippen LogP contribution in [-0.2, 0) is 4.79 Å². The van der Waals surface area contributed by atoms with Crippen molar-refractivity contribution in [1.82, 2.24) is 15.3 Å². The van der Waals surface area contributed by atoms with Crippen molar-refractivity contribution in [2.45, 2.75) is 0 Å². The zero-order valence-electron chi connectivity index (χ0n) is 7.04. The predicted molar refractivity (Wildman–Crippen MR) is 44.5 cm³/mol. The first kappa shape index (κ1) is 9.37. The summed E-state index contributed by atoms with van der Waals surface area (Å²) in [5.41, 5.74) is 0. The lowest BCUT2D eigenvalue weighted by atomic mass is 10.5. The van der Waals surface area contributed by atoms with Crippen molar-refractivity contribution in [1.29, 1.82) is 0 Å². The maximum absolute atomic E-state index is 12.4. The number of amides is 1. The highest BCUT2D eigenvalue weighted by Crippen LogP contribution is 1.99. The van der Waals surface area contributed by atoms with Gasteiger partial charge in [-0.2, -0.15) is 9.37 Å². The SMILES string of the molecule is CNC(=O)CNc1ccnc(F)n1. The third-order valence-corrected chi connectivity index (χ3v) is 1.34. The van der Waals surface area contributed by atoms with Crippen molar-refractivity contribution < 1.29 is 9.18 Å². The van der Waals surface area contributed by atoms with Crippen molar-refractivity contribution in [3.8, 4) is 0 Å². The molecule has 1 aromatic heterocycles. The minimum atomic E-state index is -0.818. The lowest BCUT2D eigenvalue weighted by Gasteiger charge is -2.02. The van der Waals surface area contributed by atoms with E-state index in [-0.39, 0.29) is 18.3 Å². The standard InChI is InChI=1S/C7H9FN4O/c1-9-6(13)4-11-5-2-3-10-7(8)12-5/h2-3H,4H2,1H3,(H,9,13)(H,10,11,12). The van der Waals surface area contributed by atoms with Gasteiger partial charge in [-0.05, 0) is 6.07 Å². The Morgan fingerprint density at radius 1 is 1.69 bits per heavy atom. The van der Waals surface area contributed by atoms with Gasteiger partial charge in [0.15, 0.2) is 0 Å². The largest absolute Gasteiger partial charge is 0.361 e. The van der Waals surface area contributed by atoms with Crippen LogP contribution in [0.2, 0.25) is 0 Å². The van der Waals surface area contributed by atoms with Gasteiger partial charge < -0.3 is 10.6 Å². The summed E-state index contributed by atoms with van der Waals surface area (Å²) in [6.07, 6.45) is 0.455. The normalized spacial score (nSPS) is 9.38. The van der Waals surface area contributed by atoms with Gasteiger partial charge in [-0.1, -0.05) is 0 Å². The van der Waals surface area contributed by atoms with Crippen LogP contribution in [-0.4, -0.2) is 29.5 Å². The smallest absolute Gasteiger partial charge is 0.310 e. The zero-order valence-corrected chi connectivity index (χ0v) is 7.04. The predicted octanol–water partition coefficient (Wildman–Crippen LogP) is -0.226. The first-order valence-corrected chi connectivity index (χ1v) is 3.65. The molecule has 2 N–H and O–H groups in total. The second-order valence-corrected chi connectivity index (χ2v) is 2.24. The molecule has 0 bridgehead atoms. The van der Waals surface area contributed by atoms with E-state index in [0.717, 1.165) is 0 Å². The van der Waals surface area contributed by atoms with Gasteiger partial charge in [0.2, 0.25) is 5.91 Å². The Kier molecular flexibility index (Phi) is 3.13. The summed E-state index contributed by atoms with van der Waals surface area (Å²) in [5.74, 6) is 0.0927. The van der Waals surface area contributed by atoms with Gasteiger partial charge in [-0.3, -0.25) is 4.79 Å². The first-order chi connectivity index (χ1) is 6.22. The summed E-state index contributed by atoms with van der Waals surface area (Å²) < 4.78 is 12.4. The maximum atomic E-state index is 12.4. The Balaban J connectivity index is 2.50. The van der Waals surface area contributed by atoms with Crippen LogP contribution in [0.15, 0.2) is 12.3 Å². The summed E-state index contributed by atoms with van der Waals surface area (Å²) >= 11 is 0. The number of anilines is 1. The van der Waals surface area contributed by atoms with Crippen molar-refractivity contribution >= 4 is 11.7 Å². The average Bonchev–Trinajstić information content (AvgIpc) is 2.14. The van der Waals surface area contributed by atoms with Crippen molar-refractivity contribution in [2.75, 3.05) is 18.9 Å². The number of carbonyl (C=O) groups excluding carboxylic acids is 1. The molecular weight excluding hydrogens is 175 g/mol. The number of likely N-dealkylation sites (N-methyl/N-ethyl adjacent to an activating group) is 1. The van der Waals surface area contributed by atoms with Crippen molar-refractivity contribution in [3.63, 3.8) is 0 Å². The fourth-order valence-corrected chi connectivity index (χ4v) is 0.693. The molecule has 1 rings (SSSR count). The molecular formula is C7H9FN4O. The molecule has 0 aromatic carbocycles. The van der Waals surface area contributed by atoms with E-state index in [1.54, 1.807) is 0 Å². The first-order valence-electron chi connectivity index (χ1n) is 3.65. The number of rotatable bonds is 3. The molecule has 70 valence electrons. The second kappa shape index (κ2) is 4.34. The molecule has 0 aliphatic rings. The van der Waals surface area contributed by atoms with Crippen LogP contribution in [0.1, 0.15) is 0 Å². The topological polar surface area (TPSA) is 66.9 Å². The van der Waals surface area contributed by atoms with Crippen molar-refractivity contribution in [2.24, 2.45) is 0 Å². The zero-order chi connectivity index (χ0) is 9.68. The fourth-order valence-electron chi connectivity index (χ4n) is 0.693. The number of halogens is 1. The highest BCUT2D eigenvalue weighted by Gasteiger charge is 1.99. The molecule has 1 aromatic rings. The molecule has 5 nitrogen and oxygen atoms in total. The maximum Gasteiger partial charge on any atom is 0.310 e. The second-order valence-electron chi connectivity index (χ2n) is 2.24. The van der Waals surface area contributed by atoms with Gasteiger partial charge in [-0.15, -0.1) is 0 Å². The molecule has 0 aliphatic carbocycles. The minimum absolute atomic E-state index is 0.0625. The summed E-state index contributed by atoms with van der Waals surface area (Å²) in [6.45, 7) is 0.0625. The molecule has 13 heavy (non-hydrogen) atoms. The number of nitrogens with zero attached hydrogens (tertiary/aromatic N) is 2. The average molecular weight is 184 g/mol. The third kappa shape index (κ3) is 3.02. The molecule has 0 aliphatic heterocycles. The Bertz CT molecular complexity index is 304. The number of carbonyl (C=O) groups is 1. The molecule has 0 saturated heterocycles. The van der Waals surface area contributed by atoms with E-state index in [4.69, 9.17) is 0 Å². The quantitative estimate of drug-likeness (QED) is 0.637. The van der Waals surface area contributed by atoms with Crippen LogP contribution in [0.25, 0.3) is 0 Å². The van der Waals surface area contributed by atoms with Crippen LogP contribution in [0.4, 0.5) is 10.2 Å². The summed E-state index contributed by atoms with van der Waals surface area (Å²) in [4.78, 5) is 17.4. The van der Waals surface area contributed by atoms with E-state index < -0.39 is 6.08 Å². The molecule has 0 saturated carbocycles. The van der Waals surface area contributed by atoms with Gasteiger partial charge in [0.05, 0.1) is 6.54 Å². The monoisotopic (exact) mass is 184 g/mol. The molecule has 1 amide bonds. The van der Waals surface area contributed by atoms with E-state index >= 15 is 0 Å². The Hall–Kier alpha value is -1.72. The molecule has 1 heterocycles. The van der Waals surface area contributed by atoms with Crippen LogP contribution in [0, 0.1) is 6.08 Å². The number of hydrogen-bond donors (Lipinski definition) is 2. The van der Waals surface area contributed by atoms with E-state index in [2.05, 4.69) is 20.6 Å². The van der Waals surface area contributed by atoms with Gasteiger partial charge in [0.1, 0.15) is 5.82 Å². The van der Waals surface area contributed by atoms with E-state index in [1.807, 2.05) is 0 Å². The van der Waals surface area contributed by atoms with Gasteiger partial charge >= 0.3 is 6.08 Å². The number of hydrogen-bond acceptors (Lipinski definition) is 4. The Morgan fingerprint density at radius 2 is 2.46 bits per heavy atom. The third-order valence-electron chi connectivity index (χ3n) is 1.34.